The third-order valence-corrected chi connectivity index (χ3v) is 5.57. The molecule has 1 aliphatic rings. The van der Waals surface area contributed by atoms with Crippen LogP contribution in [0.15, 0.2) is 48.5 Å². The van der Waals surface area contributed by atoms with Gasteiger partial charge in [0.1, 0.15) is 18.2 Å². The minimum atomic E-state index is -0.850. The van der Waals surface area contributed by atoms with Crippen LogP contribution in [0.1, 0.15) is 57.1 Å². The lowest BCUT2D eigenvalue weighted by Gasteiger charge is -2.20. The van der Waals surface area contributed by atoms with Gasteiger partial charge in [-0.15, -0.1) is 0 Å². The fourth-order valence-corrected chi connectivity index (χ4v) is 4.05. The van der Waals surface area contributed by atoms with Gasteiger partial charge in [-0.2, -0.15) is 0 Å². The number of benzene rings is 2. The Kier molecular flexibility index (Phi) is 8.15. The summed E-state index contributed by atoms with van der Waals surface area (Å²) in [5.41, 5.74) is 9.41. The van der Waals surface area contributed by atoms with Gasteiger partial charge in [-0.05, 0) is 62.3 Å². The molecule has 8 nitrogen and oxygen atoms in total. The highest BCUT2D eigenvalue weighted by atomic mass is 16.6. The van der Waals surface area contributed by atoms with Crippen molar-refractivity contribution in [2.24, 2.45) is 5.73 Å². The smallest absolute Gasteiger partial charge is 0.407 e. The van der Waals surface area contributed by atoms with Crippen LogP contribution in [0.4, 0.5) is 9.59 Å². The van der Waals surface area contributed by atoms with Crippen LogP contribution in [0.3, 0.4) is 0 Å². The maximum atomic E-state index is 12.4. The molecule has 1 atom stereocenters. The van der Waals surface area contributed by atoms with E-state index < -0.39 is 29.7 Å². The highest BCUT2D eigenvalue weighted by molar-refractivity contribution is 5.84. The van der Waals surface area contributed by atoms with E-state index >= 15 is 0 Å². The Morgan fingerprint density at radius 3 is 2.09 bits per heavy atom. The van der Waals surface area contributed by atoms with Gasteiger partial charge in [0, 0.05) is 12.5 Å². The van der Waals surface area contributed by atoms with Gasteiger partial charge in [0.25, 0.3) is 0 Å². The van der Waals surface area contributed by atoms with Crippen molar-refractivity contribution >= 4 is 18.1 Å². The first-order valence-electron chi connectivity index (χ1n) is 11.5. The Morgan fingerprint density at radius 1 is 0.941 bits per heavy atom. The number of ether oxygens (including phenoxy) is 2. The van der Waals surface area contributed by atoms with Gasteiger partial charge in [-0.1, -0.05) is 48.5 Å². The lowest BCUT2D eigenvalue weighted by Crippen LogP contribution is -2.45. The number of nitrogens with two attached hydrogens (primary N) is 1. The van der Waals surface area contributed by atoms with E-state index in [-0.39, 0.29) is 12.5 Å². The number of primary amides is 1. The van der Waals surface area contributed by atoms with Crippen molar-refractivity contribution in [3.05, 3.63) is 59.7 Å². The maximum Gasteiger partial charge on any atom is 0.407 e. The average molecular weight is 468 g/mol. The van der Waals surface area contributed by atoms with Crippen LogP contribution in [0.5, 0.6) is 0 Å². The molecule has 0 bridgehead atoms. The average Bonchev–Trinajstić information content (AvgIpc) is 3.09. The predicted molar refractivity (Wildman–Crippen MR) is 129 cm³/mol. The molecule has 34 heavy (non-hydrogen) atoms. The van der Waals surface area contributed by atoms with Crippen molar-refractivity contribution in [2.75, 3.05) is 13.2 Å². The standard InChI is InChI=1S/C26H33N3O5/c1-26(2,3)34-24(31)28-15-9-8-14-22(23(27)30)29-25(32)33-16-21-19-12-6-4-10-17(19)18-11-5-7-13-20(18)21/h4-7,10-13,21-22H,8-9,14-16H2,1-3H3,(H2,27,30)(H,28,31)(H,29,32)/t22-/m1/s1. The first-order chi connectivity index (χ1) is 16.2. The molecule has 0 radical (unpaired) electrons. The molecule has 0 saturated heterocycles. The number of hydrogen-bond acceptors (Lipinski definition) is 5. The summed E-state index contributed by atoms with van der Waals surface area (Å²) < 4.78 is 10.7. The topological polar surface area (TPSA) is 120 Å². The fourth-order valence-electron chi connectivity index (χ4n) is 4.05. The van der Waals surface area contributed by atoms with Crippen LogP contribution in [-0.4, -0.2) is 42.9 Å². The van der Waals surface area contributed by atoms with Gasteiger partial charge < -0.3 is 25.8 Å². The zero-order valence-corrected chi connectivity index (χ0v) is 19.9. The third kappa shape index (κ3) is 6.73. The Bertz CT molecular complexity index is 986. The number of fused-ring (bicyclic) bond motifs is 3. The summed E-state index contributed by atoms with van der Waals surface area (Å²) in [5.74, 6) is -0.697. The number of carbonyl (C=O) groups is 3. The molecule has 0 fully saturated rings. The van der Waals surface area contributed by atoms with Crippen LogP contribution in [-0.2, 0) is 14.3 Å². The number of carbonyl (C=O) groups excluding carboxylic acids is 3. The van der Waals surface area contributed by atoms with Crippen molar-refractivity contribution in [2.45, 2.75) is 57.6 Å². The van der Waals surface area contributed by atoms with Crippen molar-refractivity contribution in [1.82, 2.24) is 10.6 Å². The highest BCUT2D eigenvalue weighted by Gasteiger charge is 2.29. The molecule has 2 aromatic rings. The number of rotatable bonds is 9. The highest BCUT2D eigenvalue weighted by Crippen LogP contribution is 2.44. The molecule has 0 spiro atoms. The van der Waals surface area contributed by atoms with E-state index in [0.29, 0.717) is 25.8 Å². The Balaban J connectivity index is 1.46. The Hall–Kier alpha value is -3.55. The molecule has 0 aliphatic heterocycles. The number of nitrogens with one attached hydrogen (secondary N) is 2. The molecule has 0 saturated carbocycles. The normalized spacial score (nSPS) is 13.4. The first-order valence-corrected chi connectivity index (χ1v) is 11.5. The van der Waals surface area contributed by atoms with Crippen molar-refractivity contribution in [3.63, 3.8) is 0 Å². The monoisotopic (exact) mass is 467 g/mol. The molecule has 1 aliphatic carbocycles. The molecule has 182 valence electrons. The van der Waals surface area contributed by atoms with E-state index in [4.69, 9.17) is 15.2 Å². The second-order valence-electron chi connectivity index (χ2n) is 9.35. The molecule has 0 heterocycles. The van der Waals surface area contributed by atoms with Crippen LogP contribution in [0, 0.1) is 0 Å². The molecule has 8 heteroatoms. The molecule has 3 amide bonds. The maximum absolute atomic E-state index is 12.4. The Morgan fingerprint density at radius 2 is 1.53 bits per heavy atom. The van der Waals surface area contributed by atoms with E-state index in [1.807, 2.05) is 36.4 Å². The third-order valence-electron chi connectivity index (χ3n) is 5.57. The van der Waals surface area contributed by atoms with Crippen molar-refractivity contribution < 1.29 is 23.9 Å². The molecule has 4 N–H and O–H groups in total. The molecule has 0 unspecified atom stereocenters. The lowest BCUT2D eigenvalue weighted by molar-refractivity contribution is -0.120. The van der Waals surface area contributed by atoms with Crippen LogP contribution < -0.4 is 16.4 Å². The fraction of sp³-hybridized carbons (Fsp3) is 0.423. The van der Waals surface area contributed by atoms with Gasteiger partial charge in [0.2, 0.25) is 5.91 Å². The lowest BCUT2D eigenvalue weighted by atomic mass is 9.98. The van der Waals surface area contributed by atoms with Crippen LogP contribution >= 0.6 is 0 Å². The second-order valence-corrected chi connectivity index (χ2v) is 9.35. The number of hydrogen-bond donors (Lipinski definition) is 3. The van der Waals surface area contributed by atoms with Crippen molar-refractivity contribution in [1.29, 1.82) is 0 Å². The molecular formula is C26H33N3O5. The second kappa shape index (κ2) is 11.0. The molecular weight excluding hydrogens is 434 g/mol. The zero-order chi connectivity index (χ0) is 24.7. The number of amides is 3. The summed E-state index contributed by atoms with van der Waals surface area (Å²) in [6, 6.07) is 15.3. The van der Waals surface area contributed by atoms with E-state index in [1.165, 1.54) is 0 Å². The number of alkyl carbamates (subject to hydrolysis) is 2. The summed E-state index contributed by atoms with van der Waals surface area (Å²) >= 11 is 0. The molecule has 0 aromatic heterocycles. The minimum Gasteiger partial charge on any atom is -0.449 e. The van der Waals surface area contributed by atoms with Crippen molar-refractivity contribution in [3.8, 4) is 11.1 Å². The van der Waals surface area contributed by atoms with E-state index in [0.717, 1.165) is 22.3 Å². The zero-order valence-electron chi connectivity index (χ0n) is 19.9. The van der Waals surface area contributed by atoms with Gasteiger partial charge in [0.15, 0.2) is 0 Å². The molecule has 3 rings (SSSR count). The van der Waals surface area contributed by atoms with Gasteiger partial charge in [0.05, 0.1) is 0 Å². The van der Waals surface area contributed by atoms with E-state index in [2.05, 4.69) is 22.8 Å². The Labute approximate surface area is 200 Å². The van der Waals surface area contributed by atoms with Gasteiger partial charge in [-0.3, -0.25) is 4.79 Å². The number of unbranched alkanes of at least 4 members (excludes halogenated alkanes) is 1. The van der Waals surface area contributed by atoms with E-state index in [9.17, 15) is 14.4 Å². The first kappa shape index (κ1) is 25.1. The minimum absolute atomic E-state index is 0.0656. The summed E-state index contributed by atoms with van der Waals surface area (Å²) in [6.07, 6.45) is 0.353. The van der Waals surface area contributed by atoms with E-state index in [1.54, 1.807) is 20.8 Å². The predicted octanol–water partition coefficient (Wildman–Crippen LogP) is 4.07. The van der Waals surface area contributed by atoms with Gasteiger partial charge >= 0.3 is 12.2 Å². The summed E-state index contributed by atoms with van der Waals surface area (Å²) in [6.45, 7) is 5.92. The summed E-state index contributed by atoms with van der Waals surface area (Å²) in [5, 5.41) is 5.23. The summed E-state index contributed by atoms with van der Waals surface area (Å²) in [7, 11) is 0. The quantitative estimate of drug-likeness (QED) is 0.480. The van der Waals surface area contributed by atoms with Crippen LogP contribution in [0.25, 0.3) is 11.1 Å². The van der Waals surface area contributed by atoms with Crippen LogP contribution in [0.2, 0.25) is 0 Å². The molecule has 2 aromatic carbocycles. The largest absolute Gasteiger partial charge is 0.449 e. The van der Waals surface area contributed by atoms with Gasteiger partial charge in [-0.25, -0.2) is 9.59 Å². The summed E-state index contributed by atoms with van der Waals surface area (Å²) in [4.78, 5) is 35.9. The SMILES string of the molecule is CC(C)(C)OC(=O)NCCCC[C@@H](NC(=O)OCC1c2ccccc2-c2ccccc21)C(N)=O.